The number of ether oxygens (including phenoxy) is 4. The normalized spacial score (nSPS) is 14.4. The lowest BCUT2D eigenvalue weighted by Gasteiger charge is -2.21. The Labute approximate surface area is 645 Å². The van der Waals surface area contributed by atoms with Gasteiger partial charge in [-0.1, -0.05) is 343 Å². The van der Waals surface area contributed by atoms with E-state index in [4.69, 9.17) is 37.0 Å². The van der Waals surface area contributed by atoms with E-state index in [0.717, 1.165) is 96.3 Å². The van der Waals surface area contributed by atoms with E-state index in [0.29, 0.717) is 38.5 Å². The van der Waals surface area contributed by atoms with Gasteiger partial charge in [0.05, 0.1) is 26.4 Å². The molecule has 0 spiro atoms. The van der Waals surface area contributed by atoms with Gasteiger partial charge in [-0.05, 0) is 103 Å². The van der Waals surface area contributed by atoms with Gasteiger partial charge in [0.2, 0.25) is 0 Å². The van der Waals surface area contributed by atoms with Gasteiger partial charge in [0, 0.05) is 25.7 Å². The van der Waals surface area contributed by atoms with Crippen molar-refractivity contribution >= 4 is 39.5 Å². The third kappa shape index (κ3) is 77.9. The molecule has 612 valence electrons. The number of esters is 4. The van der Waals surface area contributed by atoms with Crippen LogP contribution in [-0.2, 0) is 65.4 Å². The summed E-state index contributed by atoms with van der Waals surface area (Å²) in [5.74, 6) is -2.31. The number of allylic oxidation sites excluding steroid dienone is 18. The molecule has 0 amide bonds. The molecule has 0 aliphatic carbocycles. The Kier molecular flexibility index (Phi) is 75.6. The topological polar surface area (TPSA) is 237 Å². The van der Waals surface area contributed by atoms with Crippen LogP contribution in [-0.4, -0.2) is 96.7 Å². The fourth-order valence-electron chi connectivity index (χ4n) is 11.3. The second kappa shape index (κ2) is 78.8. The van der Waals surface area contributed by atoms with Crippen LogP contribution in [0.3, 0.4) is 0 Å². The summed E-state index contributed by atoms with van der Waals surface area (Å²) < 4.78 is 68.6. The summed E-state index contributed by atoms with van der Waals surface area (Å²) in [6.07, 6.45) is 86.5. The van der Waals surface area contributed by atoms with Gasteiger partial charge in [-0.3, -0.25) is 37.3 Å². The van der Waals surface area contributed by atoms with E-state index in [1.54, 1.807) is 0 Å². The molecule has 0 saturated carbocycles. The first-order valence-electron chi connectivity index (χ1n) is 42.1. The van der Waals surface area contributed by atoms with Crippen LogP contribution in [0.25, 0.3) is 0 Å². The summed E-state index contributed by atoms with van der Waals surface area (Å²) >= 11 is 0. The van der Waals surface area contributed by atoms with Gasteiger partial charge in [0.1, 0.15) is 19.3 Å². The Bertz CT molecular complexity index is 2430. The Morgan fingerprint density at radius 3 is 0.802 bits per heavy atom. The van der Waals surface area contributed by atoms with E-state index >= 15 is 0 Å². The molecule has 0 fully saturated rings. The third-order valence-electron chi connectivity index (χ3n) is 17.8. The van der Waals surface area contributed by atoms with E-state index < -0.39 is 97.5 Å². The van der Waals surface area contributed by atoms with Gasteiger partial charge in [-0.15, -0.1) is 0 Å². The molecule has 19 heteroatoms. The molecule has 3 N–H and O–H groups in total. The molecule has 106 heavy (non-hydrogen) atoms. The molecule has 2 unspecified atom stereocenters. The van der Waals surface area contributed by atoms with Gasteiger partial charge in [-0.2, -0.15) is 0 Å². The number of carbonyl (C=O) groups excluding carboxylic acids is 4. The van der Waals surface area contributed by atoms with Crippen molar-refractivity contribution in [3.05, 3.63) is 109 Å². The van der Waals surface area contributed by atoms with Crippen molar-refractivity contribution < 1.29 is 80.2 Å². The van der Waals surface area contributed by atoms with Crippen molar-refractivity contribution in [3.8, 4) is 0 Å². The summed E-state index contributed by atoms with van der Waals surface area (Å²) in [5.41, 5.74) is 0. The molecule has 0 aliphatic heterocycles. The molecule has 0 aliphatic rings. The number of carbonyl (C=O) groups is 4. The smallest absolute Gasteiger partial charge is 0.462 e. The van der Waals surface area contributed by atoms with Crippen LogP contribution >= 0.6 is 15.6 Å². The van der Waals surface area contributed by atoms with E-state index in [2.05, 4.69) is 107 Å². The number of aliphatic hydroxyl groups is 1. The predicted octanol–water partition coefficient (Wildman–Crippen LogP) is 24.9. The molecule has 5 atom stereocenters. The molecule has 0 heterocycles. The molecule has 0 aromatic rings. The standard InChI is InChI=1S/C87H152O17P2/c1-5-9-13-17-21-25-29-33-37-39-40-42-45-48-52-56-60-64-68-72-85(90)98-78-83(104-87(92)74-70-66-62-58-54-50-46-41-38-34-30-26-22-18-14-10-6-2)80-102-106(95,96)100-76-81(88)75-99-105(93,94)101-79-82(103-86(91)73-69-65-61-57-53-49-44-36-32-28-24-20-16-12-8-4)77-97-84(89)71-67-63-59-55-51-47-43-35-31-27-23-19-15-11-7-3/h21-22,25-26,33-34,37-38,40,42,46,48,50,52,58,60,62,64,81-83,88H,5-20,23-24,27-32,35-36,39,41,43-45,47,49,51,53-57,59,61,63,65-80H2,1-4H3,(H,93,94)(H,95,96)/b25-21-,26-22-,37-33-,38-34-,42-40-,50-46-,52-48-,62-58-,64-60-/t81-,82+,83+/m0/s1. The molecule has 0 bridgehead atoms. The summed E-state index contributed by atoms with van der Waals surface area (Å²) in [4.78, 5) is 73.1. The number of phosphoric acid groups is 2. The van der Waals surface area contributed by atoms with E-state index in [1.807, 2.05) is 30.4 Å². The van der Waals surface area contributed by atoms with Gasteiger partial charge in [-0.25, -0.2) is 9.13 Å². The lowest BCUT2D eigenvalue weighted by atomic mass is 10.0. The Hall–Kier alpha value is -4.28. The molecule has 0 aromatic heterocycles. The minimum atomic E-state index is -5.01. The maximum Gasteiger partial charge on any atom is 0.472 e. The predicted molar refractivity (Wildman–Crippen MR) is 436 cm³/mol. The minimum absolute atomic E-state index is 0.00304. The summed E-state index contributed by atoms with van der Waals surface area (Å²) in [6.45, 7) is 4.74. The highest BCUT2D eigenvalue weighted by Crippen LogP contribution is 2.45. The van der Waals surface area contributed by atoms with Crippen molar-refractivity contribution in [3.63, 3.8) is 0 Å². The second-order valence-corrected chi connectivity index (χ2v) is 31.0. The Balaban J connectivity index is 5.46. The number of hydrogen-bond donors (Lipinski definition) is 3. The van der Waals surface area contributed by atoms with E-state index in [9.17, 15) is 43.2 Å². The number of hydrogen-bond acceptors (Lipinski definition) is 15. The van der Waals surface area contributed by atoms with Crippen LogP contribution in [0, 0.1) is 0 Å². The first-order valence-corrected chi connectivity index (χ1v) is 45.1. The quantitative estimate of drug-likeness (QED) is 0.0169. The molecule has 0 rings (SSSR count). The highest BCUT2D eigenvalue weighted by atomic mass is 31.2. The van der Waals surface area contributed by atoms with E-state index in [-0.39, 0.29) is 25.7 Å². The van der Waals surface area contributed by atoms with Crippen molar-refractivity contribution in [1.29, 1.82) is 0 Å². The molecular formula is C87H152O17P2. The van der Waals surface area contributed by atoms with Crippen molar-refractivity contribution in [1.82, 2.24) is 0 Å². The lowest BCUT2D eigenvalue weighted by Crippen LogP contribution is -2.30. The first kappa shape index (κ1) is 102. The monoisotopic (exact) mass is 1530 g/mol. The Morgan fingerprint density at radius 1 is 0.264 bits per heavy atom. The third-order valence-corrected chi connectivity index (χ3v) is 19.7. The van der Waals surface area contributed by atoms with Gasteiger partial charge in [0.15, 0.2) is 12.2 Å². The van der Waals surface area contributed by atoms with Crippen molar-refractivity contribution in [2.45, 2.75) is 380 Å². The molecule has 0 aromatic carbocycles. The van der Waals surface area contributed by atoms with Gasteiger partial charge >= 0.3 is 39.5 Å². The maximum atomic E-state index is 13.1. The van der Waals surface area contributed by atoms with Crippen LogP contribution in [0.5, 0.6) is 0 Å². The number of aliphatic hydroxyl groups excluding tert-OH is 1. The molecule has 0 radical (unpaired) electrons. The summed E-state index contributed by atoms with van der Waals surface area (Å²) in [7, 11) is -9.99. The van der Waals surface area contributed by atoms with Gasteiger partial charge < -0.3 is 33.8 Å². The molecule has 0 saturated heterocycles. The summed E-state index contributed by atoms with van der Waals surface area (Å²) in [6, 6.07) is 0. The molecular weight excluding hydrogens is 1380 g/mol. The zero-order valence-electron chi connectivity index (χ0n) is 67.1. The minimum Gasteiger partial charge on any atom is -0.462 e. The highest BCUT2D eigenvalue weighted by Gasteiger charge is 2.30. The Morgan fingerprint density at radius 2 is 0.491 bits per heavy atom. The lowest BCUT2D eigenvalue weighted by molar-refractivity contribution is -0.161. The highest BCUT2D eigenvalue weighted by molar-refractivity contribution is 7.47. The second-order valence-electron chi connectivity index (χ2n) is 28.1. The number of unbranched alkanes of at least 4 members (excludes halogenated alkanes) is 35. The summed E-state index contributed by atoms with van der Waals surface area (Å²) in [5, 5.41) is 10.7. The largest absolute Gasteiger partial charge is 0.472 e. The SMILES string of the molecule is CCCCC/C=C\C/C=C\C/C=C\C/C=C\C/C=C\CCC(=O)OC[C@H](COP(=O)(O)OC[C@@H](O)COP(=O)(O)OC[C@@H](COC(=O)CCCCCCCCCCCCCCCCC)OC(=O)CCCCCCCCCCCCCCCCC)OC(=O)CCC/C=C\C/C=C\C/C=C\C/C=C\CCCCC. The number of rotatable bonds is 79. The number of phosphoric ester groups is 2. The fraction of sp³-hybridized carbons (Fsp3) is 0.747. The first-order chi connectivity index (χ1) is 51.7. The van der Waals surface area contributed by atoms with Crippen LogP contribution in [0.4, 0.5) is 0 Å². The van der Waals surface area contributed by atoms with Crippen LogP contribution in [0.1, 0.15) is 362 Å². The maximum absolute atomic E-state index is 13.1. The zero-order chi connectivity index (χ0) is 77.4. The average molecular weight is 1530 g/mol. The fourth-order valence-corrected chi connectivity index (χ4v) is 12.9. The van der Waals surface area contributed by atoms with Crippen LogP contribution in [0.15, 0.2) is 109 Å². The van der Waals surface area contributed by atoms with Crippen molar-refractivity contribution in [2.24, 2.45) is 0 Å². The van der Waals surface area contributed by atoms with Crippen LogP contribution in [0.2, 0.25) is 0 Å². The molecule has 17 nitrogen and oxygen atoms in total. The zero-order valence-corrected chi connectivity index (χ0v) is 68.9. The van der Waals surface area contributed by atoms with Crippen LogP contribution < -0.4 is 0 Å². The van der Waals surface area contributed by atoms with Gasteiger partial charge in [0.25, 0.3) is 0 Å². The average Bonchev–Trinajstić information content (AvgIpc) is 0.902. The van der Waals surface area contributed by atoms with Crippen molar-refractivity contribution in [2.75, 3.05) is 39.6 Å². The van der Waals surface area contributed by atoms with E-state index in [1.165, 1.54) is 173 Å².